The number of aliphatic hydroxyl groups is 1. The number of rotatable bonds is 5. The van der Waals surface area contributed by atoms with Gasteiger partial charge in [-0.3, -0.25) is 0 Å². The molecule has 1 aromatic rings. The minimum absolute atomic E-state index is 0.635. The summed E-state index contributed by atoms with van der Waals surface area (Å²) in [5.74, 6) is 0. The Hall–Kier alpha value is -1.06. The maximum atomic E-state index is 10.0. The molecule has 0 aliphatic carbocycles. The lowest BCUT2D eigenvalue weighted by Crippen LogP contribution is -2.49. The van der Waals surface area contributed by atoms with Gasteiger partial charge in [0.25, 0.3) is 0 Å². The zero-order valence-electron chi connectivity index (χ0n) is 11.9. The van der Waals surface area contributed by atoms with Crippen LogP contribution >= 0.6 is 0 Å². The van der Waals surface area contributed by atoms with Crippen molar-refractivity contribution >= 4 is 19.0 Å². The van der Waals surface area contributed by atoms with Gasteiger partial charge in [-0.25, -0.2) is 0 Å². The van der Waals surface area contributed by atoms with Gasteiger partial charge < -0.3 is 9.76 Å². The third-order valence-corrected chi connectivity index (χ3v) is 3.23. The van der Waals surface area contributed by atoms with Crippen molar-refractivity contribution in [2.45, 2.75) is 45.8 Å². The van der Waals surface area contributed by atoms with Gasteiger partial charge in [-0.15, -0.1) is 0 Å². The maximum Gasteiger partial charge on any atom is 0.330 e. The fraction of sp³-hybridized carbons (Fsp3) is 0.467. The molecule has 1 rings (SSSR count). The zero-order valence-corrected chi connectivity index (χ0v) is 11.9. The zero-order chi connectivity index (χ0) is 13.8. The lowest BCUT2D eigenvalue weighted by Gasteiger charge is -2.37. The van der Waals surface area contributed by atoms with E-state index in [1.54, 1.807) is 21.3 Å². The average Bonchev–Trinajstić information content (AvgIpc) is 2.26. The van der Waals surface area contributed by atoms with Crippen molar-refractivity contribution < 1.29 is 9.76 Å². The van der Waals surface area contributed by atoms with E-state index in [4.69, 9.17) is 4.65 Å². The molecule has 0 aromatic heterocycles. The fourth-order valence-corrected chi connectivity index (χ4v) is 1.29. The molecule has 0 amide bonds. The van der Waals surface area contributed by atoms with Gasteiger partial charge in [0, 0.05) is 0 Å². The second-order valence-electron chi connectivity index (χ2n) is 5.48. The first kappa shape index (κ1) is 15.0. The molecular weight excluding hydrogens is 223 g/mol. The summed E-state index contributed by atoms with van der Waals surface area (Å²) < 4.78 is 5.71. The van der Waals surface area contributed by atoms with Crippen LogP contribution in [-0.4, -0.2) is 23.8 Å². The van der Waals surface area contributed by atoms with E-state index in [-0.39, 0.29) is 0 Å². The van der Waals surface area contributed by atoms with Crippen LogP contribution in [0.5, 0.6) is 0 Å². The molecule has 1 N–H and O–H groups in total. The van der Waals surface area contributed by atoms with Gasteiger partial charge in [0.1, 0.15) is 0 Å². The highest BCUT2D eigenvalue weighted by Gasteiger charge is 2.35. The van der Waals surface area contributed by atoms with Crippen molar-refractivity contribution in [2.75, 3.05) is 0 Å². The summed E-state index contributed by atoms with van der Waals surface area (Å²) in [6.45, 7) is 9.23. The summed E-state index contributed by atoms with van der Waals surface area (Å²) in [6.07, 6.45) is 4.04. The molecule has 0 saturated carbocycles. The van der Waals surface area contributed by atoms with Gasteiger partial charge in [0.15, 0.2) is 0 Å². The topological polar surface area (TPSA) is 29.5 Å². The van der Waals surface area contributed by atoms with Gasteiger partial charge >= 0.3 is 7.48 Å². The van der Waals surface area contributed by atoms with Crippen LogP contribution in [0.3, 0.4) is 0 Å². The monoisotopic (exact) mass is 245 g/mol. The van der Waals surface area contributed by atoms with Crippen LogP contribution in [0.15, 0.2) is 30.3 Å². The number of hydrogen-bond donors (Lipinski definition) is 1. The Kier molecular flexibility index (Phi) is 4.77. The van der Waals surface area contributed by atoms with Crippen LogP contribution in [0.25, 0.3) is 6.08 Å². The Bertz CT molecular complexity index is 417. The van der Waals surface area contributed by atoms with E-state index >= 15 is 0 Å². The van der Waals surface area contributed by atoms with Crippen molar-refractivity contribution in [3.8, 4) is 0 Å². The van der Waals surface area contributed by atoms with Crippen LogP contribution in [0.4, 0.5) is 0 Å². The highest BCUT2D eigenvalue weighted by atomic mass is 16.5. The Morgan fingerprint density at radius 2 is 1.89 bits per heavy atom. The van der Waals surface area contributed by atoms with Gasteiger partial charge in [-0.2, -0.15) is 0 Å². The summed E-state index contributed by atoms with van der Waals surface area (Å²) in [5.41, 5.74) is 0.590. The minimum Gasteiger partial charge on any atom is -0.427 e. The second-order valence-corrected chi connectivity index (χ2v) is 5.48. The van der Waals surface area contributed by atoms with Crippen molar-refractivity contribution in [3.05, 3.63) is 35.9 Å². The summed E-state index contributed by atoms with van der Waals surface area (Å²) in [7, 11) is 1.70. The molecule has 0 spiro atoms. The van der Waals surface area contributed by atoms with Crippen molar-refractivity contribution in [2.24, 2.45) is 0 Å². The van der Waals surface area contributed by atoms with Gasteiger partial charge in [-0.1, -0.05) is 41.9 Å². The molecule has 1 radical (unpaired) electrons. The van der Waals surface area contributed by atoms with Crippen LogP contribution in [0.1, 0.15) is 40.2 Å². The number of allylic oxidation sites excluding steroid dienone is 1. The normalized spacial score (nSPS) is 13.0. The van der Waals surface area contributed by atoms with E-state index in [0.717, 1.165) is 11.0 Å². The van der Waals surface area contributed by atoms with Gasteiger partial charge in [0.2, 0.25) is 0 Å². The number of hydrogen-bond acceptors (Lipinski definition) is 2. The predicted molar refractivity (Wildman–Crippen MR) is 78.0 cm³/mol. The molecule has 0 aliphatic rings. The molecule has 0 saturated heterocycles. The first-order chi connectivity index (χ1) is 8.26. The van der Waals surface area contributed by atoms with Crippen LogP contribution in [-0.2, 0) is 4.65 Å². The van der Waals surface area contributed by atoms with Gasteiger partial charge in [-0.05, 0) is 40.2 Å². The first-order valence-corrected chi connectivity index (χ1v) is 6.22. The largest absolute Gasteiger partial charge is 0.427 e. The molecule has 18 heavy (non-hydrogen) atoms. The second kappa shape index (κ2) is 5.72. The molecule has 0 fully saturated rings. The quantitative estimate of drug-likeness (QED) is 0.808. The van der Waals surface area contributed by atoms with Crippen molar-refractivity contribution in [3.63, 3.8) is 0 Å². The van der Waals surface area contributed by atoms with E-state index < -0.39 is 11.2 Å². The van der Waals surface area contributed by atoms with Crippen molar-refractivity contribution in [1.29, 1.82) is 0 Å². The lowest BCUT2D eigenvalue weighted by atomic mass is 9.82. The van der Waals surface area contributed by atoms with E-state index in [0.29, 0.717) is 0 Å². The average molecular weight is 245 g/mol. The van der Waals surface area contributed by atoms with Crippen LogP contribution < -0.4 is 5.46 Å². The molecule has 0 atom stereocenters. The van der Waals surface area contributed by atoms with Crippen LogP contribution in [0, 0.1) is 0 Å². The SMILES string of the molecule is C/C=C\c1cccc([B]OC(C)(C)C(C)(C)O)c1. The number of benzene rings is 1. The Labute approximate surface area is 111 Å². The third-order valence-electron chi connectivity index (χ3n) is 3.23. The predicted octanol–water partition coefficient (Wildman–Crippen LogP) is 2.53. The molecule has 0 unspecified atom stereocenters. The Balaban J connectivity index is 2.72. The summed E-state index contributed by atoms with van der Waals surface area (Å²) in [4.78, 5) is 0. The summed E-state index contributed by atoms with van der Waals surface area (Å²) in [6, 6.07) is 8.05. The highest BCUT2D eigenvalue weighted by molar-refractivity contribution is 6.47. The highest BCUT2D eigenvalue weighted by Crippen LogP contribution is 2.24. The molecule has 97 valence electrons. The molecule has 0 bridgehead atoms. The van der Waals surface area contributed by atoms with E-state index in [1.165, 1.54) is 0 Å². The Morgan fingerprint density at radius 3 is 2.44 bits per heavy atom. The molecule has 0 heterocycles. The minimum atomic E-state index is -0.898. The van der Waals surface area contributed by atoms with E-state index in [9.17, 15) is 5.11 Å². The van der Waals surface area contributed by atoms with Gasteiger partial charge in [0.05, 0.1) is 11.2 Å². The lowest BCUT2D eigenvalue weighted by molar-refractivity contribution is -0.0893. The first-order valence-electron chi connectivity index (χ1n) is 6.22. The molecular formula is C15H22BO2. The van der Waals surface area contributed by atoms with E-state index in [1.807, 2.05) is 57.2 Å². The molecule has 1 aromatic carbocycles. The van der Waals surface area contributed by atoms with Crippen LogP contribution in [0.2, 0.25) is 0 Å². The fourth-order valence-electron chi connectivity index (χ4n) is 1.29. The maximum absolute atomic E-state index is 10.0. The molecule has 2 nitrogen and oxygen atoms in total. The summed E-state index contributed by atoms with van der Waals surface area (Å²) >= 11 is 0. The summed E-state index contributed by atoms with van der Waals surface area (Å²) in [5, 5.41) is 10.0. The molecule has 0 aliphatic heterocycles. The standard InChI is InChI=1S/C15H22BO2/c1-6-8-12-9-7-10-13(11-12)16-18-15(4,5)14(2,3)17/h6-11,17H,1-5H3/b8-6-. The van der Waals surface area contributed by atoms with Crippen molar-refractivity contribution in [1.82, 2.24) is 0 Å². The Morgan fingerprint density at radius 1 is 1.22 bits per heavy atom. The van der Waals surface area contributed by atoms with E-state index in [2.05, 4.69) is 0 Å². The molecule has 3 heteroatoms. The smallest absolute Gasteiger partial charge is 0.330 e. The third kappa shape index (κ3) is 4.00.